The number of fused-ring (bicyclic) bond motifs is 3. The number of para-hydroxylation sites is 2. The summed E-state index contributed by atoms with van der Waals surface area (Å²) < 4.78 is 2.12. The number of nitrogens with zero attached hydrogens (tertiary/aromatic N) is 3. The molecule has 31 heavy (non-hydrogen) atoms. The summed E-state index contributed by atoms with van der Waals surface area (Å²) in [6.45, 7) is 7.01. The summed E-state index contributed by atoms with van der Waals surface area (Å²) in [6.07, 6.45) is 2.20. The van der Waals surface area contributed by atoms with E-state index in [-0.39, 0.29) is 18.3 Å². The molecule has 1 atom stereocenters. The molecule has 4 aromatic rings. The van der Waals surface area contributed by atoms with Crippen molar-refractivity contribution in [2.24, 2.45) is 11.8 Å². The molecule has 2 aromatic heterocycles. The van der Waals surface area contributed by atoms with Gasteiger partial charge in [0.15, 0.2) is 17.2 Å². The minimum absolute atomic E-state index is 0.0138. The average Bonchev–Trinajstić information content (AvgIpc) is 3.23. The molecule has 2 heterocycles. The number of imidazole rings is 1. The molecule has 0 bridgehead atoms. The second-order valence-corrected chi connectivity index (χ2v) is 8.52. The number of carbonyl (C=O) groups is 1. The number of Topliss-reactive ketones (excluding diaryl/α,β-unsaturated/α-hetero) is 1. The smallest absolute Gasteiger partial charge is 0.181 e. The number of benzene rings is 2. The van der Waals surface area contributed by atoms with Crippen LogP contribution in [-0.2, 0) is 0 Å². The Kier molecular flexibility index (Phi) is 6.00. The maximum atomic E-state index is 12.4. The molecule has 0 saturated heterocycles. The van der Waals surface area contributed by atoms with Gasteiger partial charge in [-0.15, -0.1) is 0 Å². The van der Waals surface area contributed by atoms with Gasteiger partial charge in [-0.2, -0.15) is 0 Å². The van der Waals surface area contributed by atoms with Crippen molar-refractivity contribution in [3.63, 3.8) is 0 Å². The highest BCUT2D eigenvalue weighted by Crippen LogP contribution is 2.29. The lowest BCUT2D eigenvalue weighted by molar-refractivity contribution is 0.0943. The molecule has 2 aromatic carbocycles. The minimum atomic E-state index is -0.0402. The second-order valence-electron chi connectivity index (χ2n) is 8.52. The molecule has 0 aliphatic rings. The summed E-state index contributed by atoms with van der Waals surface area (Å²) in [7, 11) is 0. The normalized spacial score (nSPS) is 12.5. The molecule has 0 aliphatic heterocycles. The third-order valence-electron chi connectivity index (χ3n) is 5.35. The van der Waals surface area contributed by atoms with Crippen LogP contribution >= 0.6 is 0 Å². The number of nitrogens with one attached hydrogen (secondary N) is 1. The first kappa shape index (κ1) is 21.0. The number of aromatic nitrogens is 3. The van der Waals surface area contributed by atoms with Crippen LogP contribution in [0.3, 0.4) is 0 Å². The minimum Gasteiger partial charge on any atom is -0.396 e. The van der Waals surface area contributed by atoms with Gasteiger partial charge in [-0.1, -0.05) is 57.2 Å². The number of hydrogen-bond acceptors (Lipinski definition) is 5. The first-order chi connectivity index (χ1) is 15.0. The van der Waals surface area contributed by atoms with Crippen LogP contribution in [0.4, 0.5) is 5.82 Å². The van der Waals surface area contributed by atoms with Gasteiger partial charge in [-0.3, -0.25) is 9.20 Å². The Hall–Kier alpha value is -3.25. The molecule has 0 aliphatic carbocycles. The first-order valence-electron chi connectivity index (χ1n) is 10.7. The van der Waals surface area contributed by atoms with Crippen molar-refractivity contribution in [3.05, 3.63) is 60.3 Å². The molecular formula is C25H28N4O2. The van der Waals surface area contributed by atoms with Crippen molar-refractivity contribution in [3.8, 4) is 11.3 Å². The van der Waals surface area contributed by atoms with E-state index in [0.717, 1.165) is 40.3 Å². The summed E-state index contributed by atoms with van der Waals surface area (Å²) >= 11 is 0. The standard InChI is InChI=1S/C25H28N4O2/c1-16(2)13-26-24-25-27-14-22(29(25)21-7-5-4-6-20(21)28-24)18-8-10-19(11-9-18)23(31)12-17(3)15-30/h4-11,14,16-17,30H,12-13,15H2,1-3H3,(H,26,28). The highest BCUT2D eigenvalue weighted by molar-refractivity contribution is 5.96. The van der Waals surface area contributed by atoms with Gasteiger partial charge in [0.2, 0.25) is 0 Å². The molecule has 2 N–H and O–H groups in total. The molecule has 0 fully saturated rings. The van der Waals surface area contributed by atoms with Crippen LogP contribution in [-0.4, -0.2) is 38.4 Å². The number of ketones is 1. The quantitative estimate of drug-likeness (QED) is 0.403. The third kappa shape index (κ3) is 4.30. The molecular weight excluding hydrogens is 388 g/mol. The Morgan fingerprint density at radius 3 is 2.55 bits per heavy atom. The third-order valence-corrected chi connectivity index (χ3v) is 5.35. The molecule has 0 spiro atoms. The summed E-state index contributed by atoms with van der Waals surface area (Å²) in [4.78, 5) is 21.9. The van der Waals surface area contributed by atoms with Gasteiger partial charge in [0.05, 0.1) is 22.9 Å². The van der Waals surface area contributed by atoms with Gasteiger partial charge in [0.1, 0.15) is 0 Å². The molecule has 160 valence electrons. The molecule has 6 nitrogen and oxygen atoms in total. The lowest BCUT2D eigenvalue weighted by Gasteiger charge is -2.13. The summed E-state index contributed by atoms with van der Waals surface area (Å²) in [6, 6.07) is 15.6. The molecule has 1 unspecified atom stereocenters. The zero-order valence-electron chi connectivity index (χ0n) is 18.2. The number of anilines is 1. The average molecular weight is 417 g/mol. The van der Waals surface area contributed by atoms with E-state index in [0.29, 0.717) is 17.9 Å². The van der Waals surface area contributed by atoms with Crippen molar-refractivity contribution >= 4 is 28.3 Å². The lowest BCUT2D eigenvalue weighted by Crippen LogP contribution is -2.11. The van der Waals surface area contributed by atoms with E-state index in [1.165, 1.54) is 0 Å². The number of aliphatic hydroxyl groups is 1. The molecule has 0 amide bonds. The van der Waals surface area contributed by atoms with Gasteiger partial charge in [-0.05, 0) is 24.0 Å². The first-order valence-corrected chi connectivity index (χ1v) is 10.7. The summed E-state index contributed by atoms with van der Waals surface area (Å²) in [5.74, 6) is 1.26. The maximum Gasteiger partial charge on any atom is 0.181 e. The van der Waals surface area contributed by atoms with Crippen molar-refractivity contribution < 1.29 is 9.90 Å². The maximum absolute atomic E-state index is 12.4. The zero-order valence-corrected chi connectivity index (χ0v) is 18.2. The van der Waals surface area contributed by atoms with Gasteiger partial charge in [0.25, 0.3) is 0 Å². The van der Waals surface area contributed by atoms with E-state index >= 15 is 0 Å². The van der Waals surface area contributed by atoms with E-state index < -0.39 is 0 Å². The molecule has 0 radical (unpaired) electrons. The number of carbonyl (C=O) groups excluding carboxylic acids is 1. The van der Waals surface area contributed by atoms with Crippen molar-refractivity contribution in [2.45, 2.75) is 27.2 Å². The van der Waals surface area contributed by atoms with E-state index in [9.17, 15) is 9.90 Å². The van der Waals surface area contributed by atoms with E-state index in [1.54, 1.807) is 0 Å². The van der Waals surface area contributed by atoms with Crippen LogP contribution in [0.15, 0.2) is 54.7 Å². The van der Waals surface area contributed by atoms with Crippen molar-refractivity contribution in [1.82, 2.24) is 14.4 Å². The van der Waals surface area contributed by atoms with Gasteiger partial charge < -0.3 is 10.4 Å². The predicted octanol–water partition coefficient (Wildman–Crippen LogP) is 4.82. The highest BCUT2D eigenvalue weighted by Gasteiger charge is 2.16. The van der Waals surface area contributed by atoms with Crippen LogP contribution < -0.4 is 5.32 Å². The zero-order chi connectivity index (χ0) is 22.0. The number of hydrogen-bond donors (Lipinski definition) is 2. The monoisotopic (exact) mass is 416 g/mol. The Balaban J connectivity index is 1.77. The van der Waals surface area contributed by atoms with Gasteiger partial charge in [0, 0.05) is 30.7 Å². The summed E-state index contributed by atoms with van der Waals surface area (Å²) in [5.41, 5.74) is 5.24. The second kappa shape index (κ2) is 8.86. The fraction of sp³-hybridized carbons (Fsp3) is 0.320. The summed E-state index contributed by atoms with van der Waals surface area (Å²) in [5, 5.41) is 12.6. The van der Waals surface area contributed by atoms with Crippen LogP contribution in [0.1, 0.15) is 37.6 Å². The number of rotatable bonds is 8. The van der Waals surface area contributed by atoms with Gasteiger partial charge in [-0.25, -0.2) is 9.97 Å². The Bertz CT molecular complexity index is 1210. The van der Waals surface area contributed by atoms with Crippen LogP contribution in [0.5, 0.6) is 0 Å². The molecule has 6 heteroatoms. The van der Waals surface area contributed by atoms with Gasteiger partial charge >= 0.3 is 0 Å². The fourth-order valence-electron chi connectivity index (χ4n) is 3.63. The topological polar surface area (TPSA) is 79.5 Å². The number of aliphatic hydroxyl groups excluding tert-OH is 1. The Labute approximate surface area is 182 Å². The predicted molar refractivity (Wildman–Crippen MR) is 124 cm³/mol. The Morgan fingerprint density at radius 1 is 1.10 bits per heavy atom. The molecule has 0 saturated carbocycles. The fourth-order valence-corrected chi connectivity index (χ4v) is 3.63. The highest BCUT2D eigenvalue weighted by atomic mass is 16.3. The van der Waals surface area contributed by atoms with Crippen molar-refractivity contribution in [1.29, 1.82) is 0 Å². The van der Waals surface area contributed by atoms with Crippen LogP contribution in [0, 0.1) is 11.8 Å². The van der Waals surface area contributed by atoms with Crippen LogP contribution in [0.25, 0.3) is 27.9 Å². The Morgan fingerprint density at radius 2 is 1.84 bits per heavy atom. The van der Waals surface area contributed by atoms with Crippen LogP contribution in [0.2, 0.25) is 0 Å². The SMILES string of the molecule is CC(C)CNc1nc2ccccc2n2c(-c3ccc(C(=O)CC(C)CO)cc3)cnc12. The molecule has 4 rings (SSSR count). The van der Waals surface area contributed by atoms with E-state index in [2.05, 4.69) is 28.5 Å². The van der Waals surface area contributed by atoms with Crippen molar-refractivity contribution in [2.75, 3.05) is 18.5 Å². The largest absolute Gasteiger partial charge is 0.396 e. The van der Waals surface area contributed by atoms with E-state index in [1.807, 2.05) is 61.7 Å². The van der Waals surface area contributed by atoms with E-state index in [4.69, 9.17) is 4.98 Å². The lowest BCUT2D eigenvalue weighted by atomic mass is 9.99.